The highest BCUT2D eigenvalue weighted by Gasteiger charge is 2.37. The first-order chi connectivity index (χ1) is 8.90. The largest absolute Gasteiger partial charge is 0.321 e. The Bertz CT molecular complexity index is 482. The number of benzene rings is 1. The van der Waals surface area contributed by atoms with Crippen LogP contribution in [0.3, 0.4) is 0 Å². The van der Waals surface area contributed by atoms with E-state index in [9.17, 15) is 4.79 Å². The van der Waals surface area contributed by atoms with Crippen LogP contribution in [0.4, 0.5) is 0 Å². The molecule has 0 radical (unpaired) electrons. The quantitative estimate of drug-likeness (QED) is 0.906. The number of rotatable bonds is 3. The molecule has 3 heteroatoms. The second-order valence-electron chi connectivity index (χ2n) is 6.04. The fourth-order valence-electron chi connectivity index (χ4n) is 2.67. The van der Waals surface area contributed by atoms with E-state index in [0.717, 1.165) is 6.54 Å². The van der Waals surface area contributed by atoms with Crippen molar-refractivity contribution in [3.8, 4) is 0 Å². The summed E-state index contributed by atoms with van der Waals surface area (Å²) in [6.45, 7) is 11.2. The van der Waals surface area contributed by atoms with Crippen molar-refractivity contribution >= 4 is 5.91 Å². The fourth-order valence-corrected chi connectivity index (χ4v) is 2.67. The molecule has 1 aromatic carbocycles. The maximum atomic E-state index is 12.3. The van der Waals surface area contributed by atoms with E-state index in [1.54, 1.807) is 0 Å². The molecule has 1 fully saturated rings. The summed E-state index contributed by atoms with van der Waals surface area (Å²) in [6, 6.07) is 6.34. The average Bonchev–Trinajstić information content (AvgIpc) is 2.60. The van der Waals surface area contributed by atoms with Gasteiger partial charge in [0.05, 0.1) is 6.04 Å². The van der Waals surface area contributed by atoms with Gasteiger partial charge in [0.2, 0.25) is 5.91 Å². The minimum atomic E-state index is -0.0938. The normalized spacial score (nSPS) is 23.5. The topological polar surface area (TPSA) is 32.3 Å². The third-order valence-electron chi connectivity index (χ3n) is 3.66. The fraction of sp³-hybridized carbons (Fsp3) is 0.562. The predicted molar refractivity (Wildman–Crippen MR) is 77.8 cm³/mol. The summed E-state index contributed by atoms with van der Waals surface area (Å²) < 4.78 is 0. The Morgan fingerprint density at radius 1 is 1.32 bits per heavy atom. The highest BCUT2D eigenvalue weighted by molar-refractivity contribution is 5.84. The van der Waals surface area contributed by atoms with Crippen molar-refractivity contribution < 1.29 is 4.79 Å². The Morgan fingerprint density at radius 3 is 2.63 bits per heavy atom. The second-order valence-corrected chi connectivity index (χ2v) is 6.04. The Morgan fingerprint density at radius 2 is 2.00 bits per heavy atom. The molecule has 1 amide bonds. The molecule has 1 saturated heterocycles. The zero-order chi connectivity index (χ0) is 14.2. The smallest absolute Gasteiger partial charge is 0.241 e. The van der Waals surface area contributed by atoms with E-state index in [0.29, 0.717) is 5.92 Å². The molecule has 0 spiro atoms. The monoisotopic (exact) mass is 260 g/mol. The summed E-state index contributed by atoms with van der Waals surface area (Å²) >= 11 is 0. The zero-order valence-electron chi connectivity index (χ0n) is 12.5. The lowest BCUT2D eigenvalue weighted by Gasteiger charge is -2.27. The van der Waals surface area contributed by atoms with Crippen LogP contribution in [0.2, 0.25) is 0 Å². The Kier molecular flexibility index (Phi) is 3.95. The van der Waals surface area contributed by atoms with Gasteiger partial charge in [-0.2, -0.15) is 0 Å². The summed E-state index contributed by atoms with van der Waals surface area (Å²) in [5.74, 6) is 0.684. The first-order valence-corrected chi connectivity index (χ1v) is 7.04. The third-order valence-corrected chi connectivity index (χ3v) is 3.66. The maximum absolute atomic E-state index is 12.3. The van der Waals surface area contributed by atoms with Gasteiger partial charge in [-0.3, -0.25) is 10.1 Å². The number of carbonyl (C=O) groups is 1. The lowest BCUT2D eigenvalue weighted by molar-refractivity contribution is -0.130. The molecule has 2 rings (SSSR count). The van der Waals surface area contributed by atoms with Crippen LogP contribution < -0.4 is 5.32 Å². The molecule has 3 nitrogen and oxygen atoms in total. The van der Waals surface area contributed by atoms with Crippen LogP contribution in [0.15, 0.2) is 18.2 Å². The van der Waals surface area contributed by atoms with Gasteiger partial charge in [-0.25, -0.2) is 0 Å². The van der Waals surface area contributed by atoms with E-state index in [-0.39, 0.29) is 18.1 Å². The van der Waals surface area contributed by atoms with Crippen LogP contribution in [-0.4, -0.2) is 23.4 Å². The first kappa shape index (κ1) is 14.1. The van der Waals surface area contributed by atoms with E-state index in [2.05, 4.69) is 51.2 Å². The highest BCUT2D eigenvalue weighted by Crippen LogP contribution is 2.29. The van der Waals surface area contributed by atoms with Gasteiger partial charge in [0.15, 0.2) is 0 Å². The number of carbonyl (C=O) groups excluding carboxylic acids is 1. The van der Waals surface area contributed by atoms with Gasteiger partial charge >= 0.3 is 0 Å². The SMILES string of the molecule is Cc1ccc(C)c(C2NC(C)C(=O)N2CC(C)C)c1. The van der Waals surface area contributed by atoms with Crippen LogP contribution in [0.25, 0.3) is 0 Å². The van der Waals surface area contributed by atoms with Crippen LogP contribution in [0.1, 0.15) is 43.6 Å². The van der Waals surface area contributed by atoms with Crippen molar-refractivity contribution in [3.05, 3.63) is 34.9 Å². The number of aryl methyl sites for hydroxylation is 2. The van der Waals surface area contributed by atoms with E-state index in [4.69, 9.17) is 0 Å². The third kappa shape index (κ3) is 2.81. The van der Waals surface area contributed by atoms with Gasteiger partial charge in [-0.1, -0.05) is 37.6 Å². The van der Waals surface area contributed by atoms with Gasteiger partial charge in [-0.15, -0.1) is 0 Å². The molecule has 0 saturated carbocycles. The standard InChI is InChI=1S/C16H24N2O/c1-10(2)9-18-15(17-13(5)16(18)19)14-8-11(3)6-7-12(14)4/h6-8,10,13,15,17H,9H2,1-5H3. The van der Waals surface area contributed by atoms with Crippen LogP contribution in [-0.2, 0) is 4.79 Å². The van der Waals surface area contributed by atoms with E-state index in [1.165, 1.54) is 16.7 Å². The molecule has 19 heavy (non-hydrogen) atoms. The predicted octanol–water partition coefficient (Wildman–Crippen LogP) is 2.78. The lowest BCUT2D eigenvalue weighted by Crippen LogP contribution is -2.34. The van der Waals surface area contributed by atoms with Crippen molar-refractivity contribution in [2.45, 2.75) is 46.8 Å². The van der Waals surface area contributed by atoms with Gasteiger partial charge < -0.3 is 4.90 Å². The molecule has 0 aromatic heterocycles. The van der Waals surface area contributed by atoms with Crippen molar-refractivity contribution in [2.75, 3.05) is 6.54 Å². The number of hydrogen-bond donors (Lipinski definition) is 1. The van der Waals surface area contributed by atoms with Crippen LogP contribution in [0, 0.1) is 19.8 Å². The summed E-state index contributed by atoms with van der Waals surface area (Å²) in [7, 11) is 0. The lowest BCUT2D eigenvalue weighted by atomic mass is 10.0. The molecule has 1 aromatic rings. The molecule has 0 aliphatic carbocycles. The van der Waals surface area contributed by atoms with Crippen LogP contribution in [0.5, 0.6) is 0 Å². The molecular weight excluding hydrogens is 236 g/mol. The molecule has 1 N–H and O–H groups in total. The molecular formula is C16H24N2O. The minimum Gasteiger partial charge on any atom is -0.321 e. The first-order valence-electron chi connectivity index (χ1n) is 7.04. The van der Waals surface area contributed by atoms with Crippen molar-refractivity contribution in [1.82, 2.24) is 10.2 Å². The van der Waals surface area contributed by atoms with Gasteiger partial charge in [0, 0.05) is 6.54 Å². The summed E-state index contributed by atoms with van der Waals surface area (Å²) in [4.78, 5) is 14.3. The molecule has 1 aliphatic rings. The zero-order valence-corrected chi connectivity index (χ0v) is 12.5. The van der Waals surface area contributed by atoms with Gasteiger partial charge in [0.25, 0.3) is 0 Å². The van der Waals surface area contributed by atoms with Gasteiger partial charge in [-0.05, 0) is 37.8 Å². The van der Waals surface area contributed by atoms with E-state index in [1.807, 2.05) is 11.8 Å². The minimum absolute atomic E-state index is 0.0183. The molecule has 104 valence electrons. The Balaban J connectivity index is 2.36. The number of nitrogens with zero attached hydrogens (tertiary/aromatic N) is 1. The summed E-state index contributed by atoms with van der Waals surface area (Å²) in [5, 5.41) is 3.42. The maximum Gasteiger partial charge on any atom is 0.241 e. The van der Waals surface area contributed by atoms with Gasteiger partial charge in [0.1, 0.15) is 6.17 Å². The highest BCUT2D eigenvalue weighted by atomic mass is 16.2. The molecule has 0 bridgehead atoms. The Labute approximate surface area is 116 Å². The van der Waals surface area contributed by atoms with Crippen molar-refractivity contribution in [3.63, 3.8) is 0 Å². The number of amides is 1. The number of hydrogen-bond acceptors (Lipinski definition) is 2. The molecule has 1 aliphatic heterocycles. The second kappa shape index (κ2) is 5.33. The summed E-state index contributed by atoms with van der Waals surface area (Å²) in [6.07, 6.45) is 0.0183. The molecule has 2 unspecified atom stereocenters. The summed E-state index contributed by atoms with van der Waals surface area (Å²) in [5.41, 5.74) is 3.69. The average molecular weight is 260 g/mol. The van der Waals surface area contributed by atoms with E-state index < -0.39 is 0 Å². The number of nitrogens with one attached hydrogen (secondary N) is 1. The molecule has 1 heterocycles. The van der Waals surface area contributed by atoms with E-state index >= 15 is 0 Å². The van der Waals surface area contributed by atoms with Crippen LogP contribution >= 0.6 is 0 Å². The Hall–Kier alpha value is -1.35. The van der Waals surface area contributed by atoms with Crippen molar-refractivity contribution in [2.24, 2.45) is 5.92 Å². The molecule has 2 atom stereocenters. The van der Waals surface area contributed by atoms with Crippen molar-refractivity contribution in [1.29, 1.82) is 0 Å².